The minimum absolute atomic E-state index is 0.00280. The molecular weight excluding hydrogens is 719 g/mol. The van der Waals surface area contributed by atoms with Crippen LogP contribution in [0.2, 0.25) is 0 Å². The summed E-state index contributed by atoms with van der Waals surface area (Å²) in [6.45, 7) is 13.6. The fourth-order valence-corrected chi connectivity index (χ4v) is 8.43. The second-order valence-electron chi connectivity index (χ2n) is 18.3. The Morgan fingerprint density at radius 2 is 0.707 bits per heavy atom. The Morgan fingerprint density at radius 3 is 1.09 bits per heavy atom. The van der Waals surface area contributed by atoms with Crippen molar-refractivity contribution in [1.82, 2.24) is 4.90 Å². The molecule has 0 N–H and O–H groups in total. The third-order valence-electron chi connectivity index (χ3n) is 12.5. The minimum atomic E-state index is -0.0907. The lowest BCUT2D eigenvalue weighted by Crippen LogP contribution is -2.37. The van der Waals surface area contributed by atoms with Crippen molar-refractivity contribution in [3.63, 3.8) is 0 Å². The largest absolute Gasteiger partial charge is 0.462 e. The maximum atomic E-state index is 13.5. The Morgan fingerprint density at radius 1 is 0.379 bits per heavy atom. The second kappa shape index (κ2) is 42.1. The lowest BCUT2D eigenvalue weighted by molar-refractivity contribution is -0.150. The zero-order chi connectivity index (χ0) is 42.9. The van der Waals surface area contributed by atoms with Crippen LogP contribution in [0.3, 0.4) is 0 Å². The molecule has 0 aromatic carbocycles. The van der Waals surface area contributed by atoms with Crippen molar-refractivity contribution in [2.24, 2.45) is 5.92 Å². The predicted octanol–water partition coefficient (Wildman–Crippen LogP) is 16.2. The Bertz CT molecular complexity index is 843. The summed E-state index contributed by atoms with van der Waals surface area (Å²) in [5, 5.41) is 0. The zero-order valence-electron chi connectivity index (χ0n) is 40.2. The number of ether oxygens (including phenoxy) is 2. The first-order valence-electron chi connectivity index (χ1n) is 25.9. The van der Waals surface area contributed by atoms with Gasteiger partial charge in [0.25, 0.3) is 0 Å². The molecule has 0 aliphatic heterocycles. The number of nitrogens with zero attached hydrogens (tertiary/aromatic N) is 1. The molecule has 1 unspecified atom stereocenters. The van der Waals surface area contributed by atoms with Crippen LogP contribution in [0.25, 0.3) is 0 Å². The number of amides is 1. The number of hydrogen-bond acceptors (Lipinski definition) is 5. The molecule has 0 aliphatic carbocycles. The summed E-state index contributed by atoms with van der Waals surface area (Å²) in [6.07, 6.45) is 40.9. The molecule has 0 saturated heterocycles. The summed E-state index contributed by atoms with van der Waals surface area (Å²) in [5.74, 6) is 0.769. The Hall–Kier alpha value is -1.59. The third kappa shape index (κ3) is 35.2. The van der Waals surface area contributed by atoms with Crippen molar-refractivity contribution in [1.29, 1.82) is 0 Å². The first-order chi connectivity index (χ1) is 28.2. The van der Waals surface area contributed by atoms with Crippen LogP contribution in [-0.2, 0) is 23.9 Å². The molecule has 6 heteroatoms. The van der Waals surface area contributed by atoms with E-state index in [1.54, 1.807) is 0 Å². The summed E-state index contributed by atoms with van der Waals surface area (Å²) in [6, 6.07) is 0.00280. The molecule has 0 aromatic heterocycles. The first-order valence-corrected chi connectivity index (χ1v) is 25.9. The number of unbranched alkanes of at least 4 members (excludes halogenated alkanes) is 19. The number of esters is 2. The number of carbonyl (C=O) groups is 3. The fourth-order valence-electron chi connectivity index (χ4n) is 8.43. The van der Waals surface area contributed by atoms with Gasteiger partial charge in [0.15, 0.2) is 0 Å². The van der Waals surface area contributed by atoms with Crippen LogP contribution in [0.4, 0.5) is 0 Å². The number of rotatable bonds is 44. The van der Waals surface area contributed by atoms with Crippen molar-refractivity contribution in [3.05, 3.63) is 0 Å². The number of carbonyl (C=O) groups excluding carboxylic acids is 3. The van der Waals surface area contributed by atoms with Crippen LogP contribution in [0.5, 0.6) is 0 Å². The van der Waals surface area contributed by atoms with Crippen molar-refractivity contribution in [2.45, 2.75) is 304 Å². The highest BCUT2D eigenvalue weighted by Gasteiger charge is 2.22. The van der Waals surface area contributed by atoms with Gasteiger partial charge < -0.3 is 14.4 Å². The average molecular weight is 820 g/mol. The van der Waals surface area contributed by atoms with Crippen LogP contribution >= 0.6 is 0 Å². The molecule has 0 saturated carbocycles. The van der Waals surface area contributed by atoms with Gasteiger partial charge in [-0.1, -0.05) is 183 Å². The molecule has 6 nitrogen and oxygen atoms in total. The molecule has 344 valence electrons. The lowest BCUT2D eigenvalue weighted by atomic mass is 9.97. The molecule has 1 amide bonds. The smallest absolute Gasteiger partial charge is 0.306 e. The van der Waals surface area contributed by atoms with Crippen LogP contribution in [-0.4, -0.2) is 48.0 Å². The summed E-state index contributed by atoms with van der Waals surface area (Å²) in [7, 11) is 1.94. The van der Waals surface area contributed by atoms with E-state index in [2.05, 4.69) is 41.5 Å². The van der Waals surface area contributed by atoms with E-state index in [9.17, 15) is 14.4 Å². The lowest BCUT2D eigenvalue weighted by Gasteiger charge is -2.29. The molecular formula is C52H101NO5. The van der Waals surface area contributed by atoms with Crippen molar-refractivity contribution in [2.75, 3.05) is 7.05 Å². The molecule has 0 aliphatic rings. The maximum Gasteiger partial charge on any atom is 0.306 e. The average Bonchev–Trinajstić information content (AvgIpc) is 3.21. The summed E-state index contributed by atoms with van der Waals surface area (Å²) >= 11 is 0. The van der Waals surface area contributed by atoms with Gasteiger partial charge in [-0.3, -0.25) is 14.4 Å². The highest BCUT2D eigenvalue weighted by Crippen LogP contribution is 2.23. The minimum Gasteiger partial charge on any atom is -0.462 e. The topological polar surface area (TPSA) is 72.9 Å². The maximum absolute atomic E-state index is 13.5. The van der Waals surface area contributed by atoms with E-state index in [0.717, 1.165) is 83.0 Å². The van der Waals surface area contributed by atoms with E-state index in [1.165, 1.54) is 135 Å². The van der Waals surface area contributed by atoms with E-state index in [4.69, 9.17) is 9.47 Å². The van der Waals surface area contributed by atoms with Gasteiger partial charge in [0.2, 0.25) is 5.91 Å². The van der Waals surface area contributed by atoms with E-state index >= 15 is 0 Å². The monoisotopic (exact) mass is 820 g/mol. The normalized spacial score (nSPS) is 12.2. The van der Waals surface area contributed by atoms with Crippen molar-refractivity contribution < 1.29 is 23.9 Å². The van der Waals surface area contributed by atoms with Crippen LogP contribution in [0, 0.1) is 5.92 Å². The SMILES string of the molecule is CCCCCCCC(CCCCCCC)OC(=O)CCCC(CCCC(=O)OC(CCCCCCC)CCCCCCC)N(C)C(=O)CCCCCC(C)CCCC. The molecule has 0 fully saturated rings. The Balaban J connectivity index is 5.34. The standard InChI is InChI=1S/C52H101NO5/c1-8-13-18-22-28-39-48(40-29-23-19-14-9-2)57-51(55)44-33-37-47(53(7)50(54)43-32-26-27-36-46(6)35-17-12-5)38-34-45-52(56)58-49(41-30-24-20-15-10-3)42-31-25-21-16-11-4/h46-49H,8-45H2,1-7H3. The highest BCUT2D eigenvalue weighted by atomic mass is 16.5. The molecule has 0 rings (SSSR count). The quantitative estimate of drug-likeness (QED) is 0.0452. The van der Waals surface area contributed by atoms with Gasteiger partial charge in [-0.05, 0) is 89.4 Å². The summed E-state index contributed by atoms with van der Waals surface area (Å²) in [4.78, 5) is 41.9. The molecule has 0 spiro atoms. The molecule has 0 bridgehead atoms. The van der Waals surface area contributed by atoms with Gasteiger partial charge in [-0.15, -0.1) is 0 Å². The predicted molar refractivity (Wildman–Crippen MR) is 249 cm³/mol. The van der Waals surface area contributed by atoms with E-state index in [0.29, 0.717) is 32.1 Å². The van der Waals surface area contributed by atoms with Gasteiger partial charge in [0.05, 0.1) is 0 Å². The van der Waals surface area contributed by atoms with Gasteiger partial charge >= 0.3 is 11.9 Å². The zero-order valence-corrected chi connectivity index (χ0v) is 40.2. The molecule has 0 heterocycles. The van der Waals surface area contributed by atoms with Gasteiger partial charge in [0.1, 0.15) is 12.2 Å². The molecule has 0 aromatic rings. The molecule has 58 heavy (non-hydrogen) atoms. The van der Waals surface area contributed by atoms with E-state index in [1.807, 2.05) is 11.9 Å². The Labute approximate surface area is 362 Å². The van der Waals surface area contributed by atoms with Crippen LogP contribution in [0.15, 0.2) is 0 Å². The van der Waals surface area contributed by atoms with Crippen molar-refractivity contribution in [3.8, 4) is 0 Å². The van der Waals surface area contributed by atoms with Gasteiger partial charge in [0, 0.05) is 32.4 Å². The Kier molecular flexibility index (Phi) is 41.0. The van der Waals surface area contributed by atoms with Gasteiger partial charge in [-0.25, -0.2) is 0 Å². The molecule has 0 radical (unpaired) electrons. The summed E-state index contributed by atoms with van der Waals surface area (Å²) < 4.78 is 12.3. The third-order valence-corrected chi connectivity index (χ3v) is 12.5. The van der Waals surface area contributed by atoms with Crippen molar-refractivity contribution >= 4 is 17.8 Å². The second-order valence-corrected chi connectivity index (χ2v) is 18.3. The number of hydrogen-bond donors (Lipinski definition) is 0. The van der Waals surface area contributed by atoms with Crippen LogP contribution < -0.4 is 0 Å². The highest BCUT2D eigenvalue weighted by molar-refractivity contribution is 5.76. The van der Waals surface area contributed by atoms with Crippen LogP contribution in [0.1, 0.15) is 286 Å². The fraction of sp³-hybridized carbons (Fsp3) is 0.942. The van der Waals surface area contributed by atoms with Gasteiger partial charge in [-0.2, -0.15) is 0 Å². The summed E-state index contributed by atoms with van der Waals surface area (Å²) in [5.41, 5.74) is 0. The first kappa shape index (κ1) is 56.4. The molecule has 1 atom stereocenters. The van der Waals surface area contributed by atoms with E-state index < -0.39 is 0 Å². The van der Waals surface area contributed by atoms with E-state index in [-0.39, 0.29) is 36.1 Å².